The molecule has 0 aromatic heterocycles. The van der Waals surface area contributed by atoms with Crippen molar-refractivity contribution in [3.8, 4) is 0 Å². The zero-order valence-corrected chi connectivity index (χ0v) is 13.9. The smallest absolute Gasteiger partial charge is 0.233 e. The molecule has 0 bridgehead atoms. The van der Waals surface area contributed by atoms with E-state index < -0.39 is 10.0 Å². The van der Waals surface area contributed by atoms with Crippen molar-refractivity contribution in [2.45, 2.75) is 19.3 Å². The standard InChI is InChI=1S/C18H22N2O2S/c21-23(22,14-11-16-7-2-1-3-8-16)19-17-9-6-10-18(15-17)20-12-4-5-13-20/h1-3,6-10,15,19H,4-5,11-14H2. The van der Waals surface area contributed by atoms with Gasteiger partial charge in [-0.3, -0.25) is 4.72 Å². The molecule has 1 aliphatic rings. The van der Waals surface area contributed by atoms with Crippen LogP contribution in [0.4, 0.5) is 11.4 Å². The molecular weight excluding hydrogens is 308 g/mol. The van der Waals surface area contributed by atoms with Gasteiger partial charge in [-0.1, -0.05) is 36.4 Å². The molecular formula is C18H22N2O2S. The lowest BCUT2D eigenvalue weighted by atomic mass is 10.2. The monoisotopic (exact) mass is 330 g/mol. The molecule has 122 valence electrons. The molecule has 1 aliphatic heterocycles. The van der Waals surface area contributed by atoms with E-state index in [0.29, 0.717) is 12.1 Å². The van der Waals surface area contributed by atoms with Crippen molar-refractivity contribution in [2.75, 3.05) is 28.5 Å². The van der Waals surface area contributed by atoms with E-state index >= 15 is 0 Å². The van der Waals surface area contributed by atoms with Crippen molar-refractivity contribution in [1.29, 1.82) is 0 Å². The minimum absolute atomic E-state index is 0.0882. The molecule has 0 aliphatic carbocycles. The van der Waals surface area contributed by atoms with Crippen molar-refractivity contribution in [3.05, 3.63) is 60.2 Å². The van der Waals surface area contributed by atoms with Gasteiger partial charge in [-0.15, -0.1) is 0 Å². The van der Waals surface area contributed by atoms with Gasteiger partial charge in [-0.2, -0.15) is 0 Å². The molecule has 1 N–H and O–H groups in total. The van der Waals surface area contributed by atoms with Crippen molar-refractivity contribution in [1.82, 2.24) is 0 Å². The number of benzene rings is 2. The first-order valence-corrected chi connectivity index (χ1v) is 9.67. The molecule has 5 heteroatoms. The summed E-state index contributed by atoms with van der Waals surface area (Å²) in [5, 5.41) is 0. The molecule has 0 atom stereocenters. The van der Waals surface area contributed by atoms with Crippen molar-refractivity contribution >= 4 is 21.4 Å². The van der Waals surface area contributed by atoms with Gasteiger partial charge in [-0.05, 0) is 43.0 Å². The maximum Gasteiger partial charge on any atom is 0.233 e. The van der Waals surface area contributed by atoms with E-state index in [0.717, 1.165) is 24.3 Å². The number of aryl methyl sites for hydroxylation is 1. The van der Waals surface area contributed by atoms with Crippen LogP contribution in [-0.2, 0) is 16.4 Å². The van der Waals surface area contributed by atoms with Crippen LogP contribution in [0.5, 0.6) is 0 Å². The topological polar surface area (TPSA) is 49.4 Å². The molecule has 0 saturated carbocycles. The second-order valence-electron chi connectivity index (χ2n) is 5.90. The lowest BCUT2D eigenvalue weighted by Gasteiger charge is -2.18. The summed E-state index contributed by atoms with van der Waals surface area (Å²) in [6.45, 7) is 2.09. The number of hydrogen-bond acceptors (Lipinski definition) is 3. The summed E-state index contributed by atoms with van der Waals surface area (Å²) in [5.74, 6) is 0.0882. The zero-order chi connectivity index (χ0) is 16.1. The minimum atomic E-state index is -3.34. The van der Waals surface area contributed by atoms with Crippen molar-refractivity contribution in [3.63, 3.8) is 0 Å². The molecule has 2 aromatic rings. The molecule has 1 heterocycles. The molecule has 0 spiro atoms. The average Bonchev–Trinajstić information content (AvgIpc) is 3.08. The molecule has 0 amide bonds. The molecule has 1 saturated heterocycles. The second kappa shape index (κ2) is 7.04. The van der Waals surface area contributed by atoms with Gasteiger partial charge < -0.3 is 4.90 Å². The lowest BCUT2D eigenvalue weighted by Crippen LogP contribution is -2.20. The number of nitrogens with zero attached hydrogens (tertiary/aromatic N) is 1. The van der Waals surface area contributed by atoms with Crippen LogP contribution in [-0.4, -0.2) is 27.3 Å². The summed E-state index contributed by atoms with van der Waals surface area (Å²) in [6.07, 6.45) is 2.92. The Bertz CT molecular complexity index is 739. The average molecular weight is 330 g/mol. The van der Waals surface area contributed by atoms with Gasteiger partial charge in [0.25, 0.3) is 0 Å². The Labute approximate surface area is 138 Å². The Kier molecular flexibility index (Phi) is 4.86. The van der Waals surface area contributed by atoms with Gasteiger partial charge in [0.1, 0.15) is 0 Å². The Morgan fingerprint density at radius 3 is 2.43 bits per heavy atom. The van der Waals surface area contributed by atoms with E-state index in [1.54, 1.807) is 6.07 Å². The van der Waals surface area contributed by atoms with Crippen LogP contribution in [0.25, 0.3) is 0 Å². The summed E-state index contributed by atoms with van der Waals surface area (Å²) in [5.41, 5.74) is 2.76. The largest absolute Gasteiger partial charge is 0.371 e. The summed E-state index contributed by atoms with van der Waals surface area (Å²) >= 11 is 0. The van der Waals surface area contributed by atoms with E-state index in [9.17, 15) is 8.42 Å². The SMILES string of the molecule is O=S(=O)(CCc1ccccc1)Nc1cccc(N2CCCC2)c1. The second-order valence-corrected chi connectivity index (χ2v) is 7.74. The fourth-order valence-electron chi connectivity index (χ4n) is 2.87. The fourth-order valence-corrected chi connectivity index (χ4v) is 3.96. The molecule has 2 aromatic carbocycles. The first-order valence-electron chi connectivity index (χ1n) is 8.02. The lowest BCUT2D eigenvalue weighted by molar-refractivity contribution is 0.600. The van der Waals surface area contributed by atoms with Gasteiger partial charge in [-0.25, -0.2) is 8.42 Å². The third-order valence-corrected chi connectivity index (χ3v) is 5.38. The molecule has 3 rings (SSSR count). The van der Waals surface area contributed by atoms with Crippen LogP contribution in [0.1, 0.15) is 18.4 Å². The number of anilines is 2. The minimum Gasteiger partial charge on any atom is -0.371 e. The Balaban J connectivity index is 1.64. The van der Waals surface area contributed by atoms with E-state index in [1.165, 1.54) is 12.8 Å². The van der Waals surface area contributed by atoms with Crippen LogP contribution in [0.2, 0.25) is 0 Å². The molecule has 0 unspecified atom stereocenters. The number of sulfonamides is 1. The predicted molar refractivity (Wildman–Crippen MR) is 95.4 cm³/mol. The normalized spacial score (nSPS) is 14.9. The molecule has 1 fully saturated rings. The fraction of sp³-hybridized carbons (Fsp3) is 0.333. The Hall–Kier alpha value is -2.01. The van der Waals surface area contributed by atoms with Gasteiger partial charge in [0.15, 0.2) is 0 Å². The van der Waals surface area contributed by atoms with Gasteiger partial charge in [0.05, 0.1) is 11.4 Å². The first-order chi connectivity index (χ1) is 11.1. The Morgan fingerprint density at radius 1 is 0.957 bits per heavy atom. The molecule has 4 nitrogen and oxygen atoms in total. The van der Waals surface area contributed by atoms with E-state index in [1.807, 2.05) is 48.5 Å². The number of hydrogen-bond donors (Lipinski definition) is 1. The Morgan fingerprint density at radius 2 is 1.70 bits per heavy atom. The van der Waals surface area contributed by atoms with Crippen LogP contribution in [0.3, 0.4) is 0 Å². The maximum atomic E-state index is 12.3. The highest BCUT2D eigenvalue weighted by Crippen LogP contribution is 2.23. The van der Waals surface area contributed by atoms with E-state index in [2.05, 4.69) is 9.62 Å². The van der Waals surface area contributed by atoms with Gasteiger partial charge in [0, 0.05) is 18.8 Å². The van der Waals surface area contributed by atoms with Crippen LogP contribution < -0.4 is 9.62 Å². The zero-order valence-electron chi connectivity index (χ0n) is 13.1. The predicted octanol–water partition coefficient (Wildman–Crippen LogP) is 3.27. The van der Waals surface area contributed by atoms with Gasteiger partial charge in [0.2, 0.25) is 10.0 Å². The van der Waals surface area contributed by atoms with Gasteiger partial charge >= 0.3 is 0 Å². The highest BCUT2D eigenvalue weighted by atomic mass is 32.2. The highest BCUT2D eigenvalue weighted by Gasteiger charge is 2.14. The highest BCUT2D eigenvalue weighted by molar-refractivity contribution is 7.92. The van der Waals surface area contributed by atoms with Crippen LogP contribution in [0.15, 0.2) is 54.6 Å². The van der Waals surface area contributed by atoms with Crippen LogP contribution >= 0.6 is 0 Å². The third-order valence-electron chi connectivity index (χ3n) is 4.09. The maximum absolute atomic E-state index is 12.3. The van der Waals surface area contributed by atoms with Crippen LogP contribution in [0, 0.1) is 0 Å². The number of nitrogens with one attached hydrogen (secondary N) is 1. The first kappa shape index (κ1) is 15.9. The molecule has 23 heavy (non-hydrogen) atoms. The van der Waals surface area contributed by atoms with E-state index in [4.69, 9.17) is 0 Å². The molecule has 0 radical (unpaired) electrons. The number of rotatable bonds is 6. The quantitative estimate of drug-likeness (QED) is 0.884. The van der Waals surface area contributed by atoms with Crippen molar-refractivity contribution < 1.29 is 8.42 Å². The summed E-state index contributed by atoms with van der Waals surface area (Å²) in [7, 11) is -3.34. The summed E-state index contributed by atoms with van der Waals surface area (Å²) in [6, 6.07) is 17.3. The van der Waals surface area contributed by atoms with Crippen molar-refractivity contribution in [2.24, 2.45) is 0 Å². The third kappa shape index (κ3) is 4.48. The summed E-state index contributed by atoms with van der Waals surface area (Å²) in [4.78, 5) is 2.29. The summed E-state index contributed by atoms with van der Waals surface area (Å²) < 4.78 is 27.3. The van der Waals surface area contributed by atoms with E-state index in [-0.39, 0.29) is 5.75 Å².